The molecule has 0 aromatic heterocycles. The molecule has 154 valence electrons. The fourth-order valence-electron chi connectivity index (χ4n) is 2.45. The summed E-state index contributed by atoms with van der Waals surface area (Å²) in [6.07, 6.45) is -0.0505. The smallest absolute Gasteiger partial charge is 0.227 e. The van der Waals surface area contributed by atoms with Crippen molar-refractivity contribution in [2.45, 2.75) is 12.5 Å². The monoisotopic (exact) mass is 406 g/mol. The maximum atomic E-state index is 13.6. The van der Waals surface area contributed by atoms with E-state index in [-0.39, 0.29) is 12.7 Å². The van der Waals surface area contributed by atoms with Gasteiger partial charge in [-0.15, -0.1) is 0 Å². The SMILES string of the molecule is O=CCC(NC(=O)C1CNCCOC1)C(=O)COc1c(F)c(F)cc(F)c1F. The molecule has 2 unspecified atom stereocenters. The molecule has 1 aromatic rings. The number of ketones is 1. The van der Waals surface area contributed by atoms with Crippen molar-refractivity contribution in [3.63, 3.8) is 0 Å². The molecular formula is C17H18F4N2O5. The lowest BCUT2D eigenvalue weighted by atomic mass is 10.1. The number of hydrogen-bond acceptors (Lipinski definition) is 6. The van der Waals surface area contributed by atoms with Crippen LogP contribution in [-0.2, 0) is 19.1 Å². The lowest BCUT2D eigenvalue weighted by Gasteiger charge is -2.20. The van der Waals surface area contributed by atoms with Crippen molar-refractivity contribution >= 4 is 18.0 Å². The van der Waals surface area contributed by atoms with E-state index in [1.807, 2.05) is 0 Å². The third-order valence-corrected chi connectivity index (χ3v) is 3.97. The van der Waals surface area contributed by atoms with E-state index in [1.165, 1.54) is 0 Å². The fourth-order valence-corrected chi connectivity index (χ4v) is 2.45. The number of rotatable bonds is 8. The van der Waals surface area contributed by atoms with Crippen LogP contribution >= 0.6 is 0 Å². The Labute approximate surface area is 157 Å². The van der Waals surface area contributed by atoms with Gasteiger partial charge in [0.1, 0.15) is 12.9 Å². The van der Waals surface area contributed by atoms with E-state index in [1.54, 1.807) is 0 Å². The highest BCUT2D eigenvalue weighted by atomic mass is 19.2. The standard InChI is InChI=1S/C17H18F4N2O5/c18-10-5-11(19)15(21)16(14(10)20)28-8-13(25)12(1-3-24)23-17(26)9-6-22-2-4-27-7-9/h3,5,9,12,22H,1-2,4,6-8H2,(H,23,26). The molecule has 2 atom stereocenters. The Morgan fingerprint density at radius 3 is 2.61 bits per heavy atom. The van der Waals surface area contributed by atoms with Crippen LogP contribution in [0, 0.1) is 29.2 Å². The molecule has 1 saturated heterocycles. The van der Waals surface area contributed by atoms with Gasteiger partial charge in [-0.3, -0.25) is 9.59 Å². The molecule has 1 amide bonds. The van der Waals surface area contributed by atoms with Crippen LogP contribution in [0.2, 0.25) is 0 Å². The number of hydrogen-bond donors (Lipinski definition) is 2. The van der Waals surface area contributed by atoms with Gasteiger partial charge in [0.25, 0.3) is 0 Å². The van der Waals surface area contributed by atoms with Crippen molar-refractivity contribution in [2.24, 2.45) is 5.92 Å². The Hall–Kier alpha value is -2.53. The zero-order valence-corrected chi connectivity index (χ0v) is 14.6. The van der Waals surface area contributed by atoms with Gasteiger partial charge in [0.15, 0.2) is 23.2 Å². The van der Waals surface area contributed by atoms with Crippen molar-refractivity contribution < 1.29 is 41.4 Å². The number of Topliss-reactive ketones (excluding diaryl/α,β-unsaturated/α-hetero) is 1. The molecule has 0 saturated carbocycles. The maximum Gasteiger partial charge on any atom is 0.227 e. The minimum atomic E-state index is -1.80. The number of amides is 1. The summed E-state index contributed by atoms with van der Waals surface area (Å²) < 4.78 is 63.3. The van der Waals surface area contributed by atoms with E-state index in [9.17, 15) is 31.9 Å². The lowest BCUT2D eigenvalue weighted by molar-refractivity contribution is -0.132. The number of halogens is 4. The van der Waals surface area contributed by atoms with Gasteiger partial charge in [-0.2, -0.15) is 8.78 Å². The molecule has 1 fully saturated rings. The molecule has 0 bridgehead atoms. The highest BCUT2D eigenvalue weighted by Gasteiger charge is 2.28. The Kier molecular flexibility index (Phi) is 7.88. The van der Waals surface area contributed by atoms with Crippen molar-refractivity contribution in [2.75, 3.05) is 32.9 Å². The maximum absolute atomic E-state index is 13.6. The first-order valence-electron chi connectivity index (χ1n) is 8.36. The lowest BCUT2D eigenvalue weighted by Crippen LogP contribution is -2.47. The van der Waals surface area contributed by atoms with Gasteiger partial charge in [-0.05, 0) is 0 Å². The molecule has 1 aromatic carbocycles. The van der Waals surface area contributed by atoms with E-state index in [2.05, 4.69) is 15.4 Å². The summed E-state index contributed by atoms with van der Waals surface area (Å²) in [6, 6.07) is -1.34. The molecule has 11 heteroatoms. The fraction of sp³-hybridized carbons (Fsp3) is 0.471. The normalized spacial score (nSPS) is 18.1. The average Bonchev–Trinajstić information content (AvgIpc) is 2.95. The van der Waals surface area contributed by atoms with Crippen molar-refractivity contribution in [1.82, 2.24) is 10.6 Å². The highest BCUT2D eigenvalue weighted by Crippen LogP contribution is 2.26. The molecule has 0 aliphatic carbocycles. The summed E-state index contributed by atoms with van der Waals surface area (Å²) in [6.45, 7) is 0.347. The topological polar surface area (TPSA) is 93.7 Å². The largest absolute Gasteiger partial charge is 0.479 e. The number of ether oxygens (including phenoxy) is 2. The number of nitrogens with one attached hydrogen (secondary N) is 2. The first kappa shape index (κ1) is 21.8. The molecule has 2 N–H and O–H groups in total. The third kappa shape index (κ3) is 5.49. The zero-order chi connectivity index (χ0) is 20.7. The molecule has 1 aliphatic rings. The minimum absolute atomic E-state index is 0.00237. The number of aldehydes is 1. The molecule has 2 rings (SSSR count). The molecule has 1 heterocycles. The van der Waals surface area contributed by atoms with Crippen molar-refractivity contribution in [3.05, 3.63) is 29.3 Å². The summed E-state index contributed by atoms with van der Waals surface area (Å²) in [7, 11) is 0. The quantitative estimate of drug-likeness (QED) is 0.371. The molecular weight excluding hydrogens is 388 g/mol. The van der Waals surface area contributed by atoms with E-state index in [0.717, 1.165) is 0 Å². The van der Waals surface area contributed by atoms with Crippen molar-refractivity contribution in [3.8, 4) is 5.75 Å². The van der Waals surface area contributed by atoms with Crippen LogP contribution < -0.4 is 15.4 Å². The Morgan fingerprint density at radius 2 is 1.96 bits per heavy atom. The van der Waals surface area contributed by atoms with Crippen LogP contribution in [0.15, 0.2) is 6.07 Å². The first-order valence-corrected chi connectivity index (χ1v) is 8.36. The number of carbonyl (C=O) groups excluding carboxylic acids is 3. The van der Waals surface area contributed by atoms with E-state index in [0.29, 0.717) is 26.0 Å². The second-order valence-electron chi connectivity index (χ2n) is 5.99. The number of benzene rings is 1. The average molecular weight is 406 g/mol. The van der Waals surface area contributed by atoms with Crippen LogP contribution in [0.5, 0.6) is 5.75 Å². The second-order valence-corrected chi connectivity index (χ2v) is 5.99. The van der Waals surface area contributed by atoms with Crippen LogP contribution in [-0.4, -0.2) is 56.9 Å². The second kappa shape index (κ2) is 10.1. The number of carbonyl (C=O) groups is 3. The summed E-state index contributed by atoms with van der Waals surface area (Å²) in [5.41, 5.74) is 0. The Bertz CT molecular complexity index is 712. The van der Waals surface area contributed by atoms with Gasteiger partial charge in [-0.1, -0.05) is 0 Å². The van der Waals surface area contributed by atoms with Gasteiger partial charge in [0, 0.05) is 25.6 Å². The van der Waals surface area contributed by atoms with Crippen LogP contribution in [0.4, 0.5) is 17.6 Å². The molecule has 0 radical (unpaired) electrons. The summed E-state index contributed by atoms with van der Waals surface area (Å²) in [4.78, 5) is 35.3. The minimum Gasteiger partial charge on any atom is -0.479 e. The summed E-state index contributed by atoms with van der Waals surface area (Å²) in [5.74, 6) is -10.5. The van der Waals surface area contributed by atoms with Gasteiger partial charge in [0.05, 0.1) is 25.2 Å². The zero-order valence-electron chi connectivity index (χ0n) is 14.6. The van der Waals surface area contributed by atoms with Gasteiger partial charge in [0.2, 0.25) is 17.5 Å². The summed E-state index contributed by atoms with van der Waals surface area (Å²) in [5, 5.41) is 5.31. The van der Waals surface area contributed by atoms with Gasteiger partial charge < -0.3 is 24.9 Å². The van der Waals surface area contributed by atoms with Gasteiger partial charge in [-0.25, -0.2) is 8.78 Å². The van der Waals surface area contributed by atoms with Crippen LogP contribution in [0.3, 0.4) is 0 Å². The van der Waals surface area contributed by atoms with Crippen LogP contribution in [0.1, 0.15) is 6.42 Å². The van der Waals surface area contributed by atoms with Crippen LogP contribution in [0.25, 0.3) is 0 Å². The van der Waals surface area contributed by atoms with Crippen molar-refractivity contribution in [1.29, 1.82) is 0 Å². The third-order valence-electron chi connectivity index (χ3n) is 3.97. The predicted octanol–water partition coefficient (Wildman–Crippen LogP) is 0.501. The molecule has 1 aliphatic heterocycles. The first-order chi connectivity index (χ1) is 13.3. The van der Waals surface area contributed by atoms with E-state index in [4.69, 9.17) is 4.74 Å². The Balaban J connectivity index is 2.03. The predicted molar refractivity (Wildman–Crippen MR) is 86.6 cm³/mol. The van der Waals surface area contributed by atoms with E-state index < -0.39 is 65.7 Å². The Morgan fingerprint density at radius 1 is 1.29 bits per heavy atom. The van der Waals surface area contributed by atoms with Gasteiger partial charge >= 0.3 is 0 Å². The molecule has 0 spiro atoms. The van der Waals surface area contributed by atoms with E-state index >= 15 is 0 Å². The summed E-state index contributed by atoms with van der Waals surface area (Å²) >= 11 is 0. The highest BCUT2D eigenvalue weighted by molar-refractivity contribution is 5.92. The molecule has 28 heavy (non-hydrogen) atoms. The molecule has 7 nitrogen and oxygen atoms in total.